The van der Waals surface area contributed by atoms with Gasteiger partial charge in [0.1, 0.15) is 0 Å². The Bertz CT molecular complexity index is 1400. The Labute approximate surface area is 218 Å². The largest absolute Gasteiger partial charge is 0.326 e. The molecule has 1 unspecified atom stereocenters. The van der Waals surface area contributed by atoms with E-state index in [9.17, 15) is 21.6 Å². The molecule has 10 heteroatoms. The summed E-state index contributed by atoms with van der Waals surface area (Å²) in [6, 6.07) is 24.2. The van der Waals surface area contributed by atoms with Crippen molar-refractivity contribution in [3.8, 4) is 0 Å². The van der Waals surface area contributed by atoms with Crippen molar-refractivity contribution >= 4 is 37.3 Å². The van der Waals surface area contributed by atoms with Crippen molar-refractivity contribution in [1.82, 2.24) is 4.31 Å². The van der Waals surface area contributed by atoms with Crippen LogP contribution in [0, 0.1) is 5.92 Å². The summed E-state index contributed by atoms with van der Waals surface area (Å²) in [6.07, 6.45) is 2.41. The van der Waals surface area contributed by atoms with Crippen molar-refractivity contribution in [3.63, 3.8) is 0 Å². The number of nitrogens with one attached hydrogen (secondary N) is 2. The highest BCUT2D eigenvalue weighted by molar-refractivity contribution is 7.92. The molecule has 0 spiro atoms. The molecule has 1 atom stereocenters. The average Bonchev–Trinajstić information content (AvgIpc) is 2.90. The molecule has 0 saturated carbocycles. The number of aryl methyl sites for hydroxylation is 1. The van der Waals surface area contributed by atoms with Gasteiger partial charge in [-0.25, -0.2) is 21.1 Å². The lowest BCUT2D eigenvalue weighted by atomic mass is 9.99. The van der Waals surface area contributed by atoms with E-state index in [2.05, 4.69) is 10.0 Å². The second-order valence-electron chi connectivity index (χ2n) is 9.09. The van der Waals surface area contributed by atoms with Gasteiger partial charge >= 0.3 is 0 Å². The molecule has 1 fully saturated rings. The lowest BCUT2D eigenvalue weighted by molar-refractivity contribution is -0.120. The van der Waals surface area contributed by atoms with E-state index in [0.29, 0.717) is 43.6 Å². The second kappa shape index (κ2) is 11.9. The minimum absolute atomic E-state index is 0.0448. The lowest BCUT2D eigenvalue weighted by Crippen LogP contribution is -2.44. The molecule has 196 valence electrons. The van der Waals surface area contributed by atoms with E-state index in [1.54, 1.807) is 30.3 Å². The first-order valence-corrected chi connectivity index (χ1v) is 15.3. The number of hydrogen-bond donors (Lipinski definition) is 2. The monoisotopic (exact) mass is 541 g/mol. The maximum Gasteiger partial charge on any atom is 0.261 e. The number of rotatable bonds is 10. The first-order valence-electron chi connectivity index (χ1n) is 12.2. The average molecular weight is 542 g/mol. The molecule has 4 rings (SSSR count). The molecule has 1 aliphatic heterocycles. The number of sulfonamides is 2. The third kappa shape index (κ3) is 7.41. The molecule has 0 aromatic heterocycles. The molecule has 3 aromatic rings. The molecular formula is C27H31N3O5S2. The lowest BCUT2D eigenvalue weighted by Gasteiger charge is -2.31. The second-order valence-corrected chi connectivity index (χ2v) is 12.9. The van der Waals surface area contributed by atoms with Crippen molar-refractivity contribution in [2.45, 2.75) is 30.6 Å². The van der Waals surface area contributed by atoms with Crippen LogP contribution in [0.3, 0.4) is 0 Å². The number of piperidine rings is 1. The first-order chi connectivity index (χ1) is 17.7. The minimum atomic E-state index is -3.76. The van der Waals surface area contributed by atoms with Gasteiger partial charge in [-0.1, -0.05) is 48.5 Å². The van der Waals surface area contributed by atoms with Gasteiger partial charge in [0, 0.05) is 24.5 Å². The van der Waals surface area contributed by atoms with Gasteiger partial charge in [-0.05, 0) is 67.6 Å². The zero-order valence-electron chi connectivity index (χ0n) is 20.4. The van der Waals surface area contributed by atoms with E-state index in [1.807, 2.05) is 30.3 Å². The van der Waals surface area contributed by atoms with Crippen molar-refractivity contribution in [3.05, 3.63) is 90.5 Å². The number of para-hydroxylation sites is 1. The predicted molar refractivity (Wildman–Crippen MR) is 145 cm³/mol. The summed E-state index contributed by atoms with van der Waals surface area (Å²) in [5.41, 5.74) is 2.01. The SMILES string of the molecule is O=C(Nc1ccc(S(=O)(=O)Nc2ccccc2)cc1)C1CCCN(S(=O)(=O)CCCc2ccccc2)C1. The van der Waals surface area contributed by atoms with E-state index in [0.717, 1.165) is 5.56 Å². The molecule has 1 heterocycles. The number of carbonyl (C=O) groups is 1. The van der Waals surface area contributed by atoms with Crippen LogP contribution in [-0.2, 0) is 31.3 Å². The summed E-state index contributed by atoms with van der Waals surface area (Å²) < 4.78 is 54.9. The molecular weight excluding hydrogens is 510 g/mol. The van der Waals surface area contributed by atoms with Crippen molar-refractivity contribution < 1.29 is 21.6 Å². The van der Waals surface area contributed by atoms with Gasteiger partial charge in [0.2, 0.25) is 15.9 Å². The molecule has 0 bridgehead atoms. The summed E-state index contributed by atoms with van der Waals surface area (Å²) in [6.45, 7) is 0.561. The fourth-order valence-corrected chi connectivity index (χ4v) is 6.96. The number of nitrogens with zero attached hydrogens (tertiary/aromatic N) is 1. The fourth-order valence-electron chi connectivity index (χ4n) is 4.32. The Morgan fingerprint density at radius 1 is 0.838 bits per heavy atom. The molecule has 3 aromatic carbocycles. The Morgan fingerprint density at radius 2 is 1.49 bits per heavy atom. The minimum Gasteiger partial charge on any atom is -0.326 e. The van der Waals surface area contributed by atoms with Gasteiger partial charge in [-0.3, -0.25) is 9.52 Å². The third-order valence-electron chi connectivity index (χ3n) is 6.32. The van der Waals surface area contributed by atoms with Gasteiger partial charge in [0.05, 0.1) is 16.6 Å². The highest BCUT2D eigenvalue weighted by atomic mass is 32.2. The molecule has 1 aliphatic rings. The van der Waals surface area contributed by atoms with Crippen LogP contribution < -0.4 is 10.0 Å². The highest BCUT2D eigenvalue weighted by Gasteiger charge is 2.32. The predicted octanol–water partition coefficient (Wildman–Crippen LogP) is 4.10. The molecule has 8 nitrogen and oxygen atoms in total. The standard InChI is InChI=1S/C27H31N3O5S2/c31-27(28-24-15-17-26(18-16-24)37(34,35)29-25-13-5-2-6-14-25)23-12-7-19-30(21-23)36(32,33)20-8-11-22-9-3-1-4-10-22/h1-6,9-10,13-18,23,29H,7-8,11-12,19-21H2,(H,28,31). The Morgan fingerprint density at radius 3 is 2.16 bits per heavy atom. The van der Waals surface area contributed by atoms with Crippen LogP contribution in [0.15, 0.2) is 89.8 Å². The molecule has 2 N–H and O–H groups in total. The maximum atomic E-state index is 12.9. The van der Waals surface area contributed by atoms with E-state index < -0.39 is 26.0 Å². The summed E-state index contributed by atoms with van der Waals surface area (Å²) >= 11 is 0. The van der Waals surface area contributed by atoms with Gasteiger partial charge in [-0.2, -0.15) is 0 Å². The normalized spacial score (nSPS) is 16.7. The Balaban J connectivity index is 1.31. The summed E-state index contributed by atoms with van der Waals surface area (Å²) in [7, 11) is -7.23. The van der Waals surface area contributed by atoms with E-state index in [1.165, 1.54) is 28.6 Å². The van der Waals surface area contributed by atoms with E-state index in [-0.39, 0.29) is 23.1 Å². The van der Waals surface area contributed by atoms with Crippen LogP contribution in [0.5, 0.6) is 0 Å². The van der Waals surface area contributed by atoms with Crippen molar-refractivity contribution in [2.24, 2.45) is 5.92 Å². The highest BCUT2D eigenvalue weighted by Crippen LogP contribution is 2.23. The van der Waals surface area contributed by atoms with Crippen LogP contribution in [0.1, 0.15) is 24.8 Å². The van der Waals surface area contributed by atoms with Crippen LogP contribution in [0.4, 0.5) is 11.4 Å². The summed E-state index contributed by atoms with van der Waals surface area (Å²) in [5.74, 6) is -0.702. The van der Waals surface area contributed by atoms with Gasteiger partial charge < -0.3 is 5.32 Å². The van der Waals surface area contributed by atoms with Crippen LogP contribution in [0.25, 0.3) is 0 Å². The van der Waals surface area contributed by atoms with E-state index >= 15 is 0 Å². The molecule has 1 amide bonds. The molecule has 1 saturated heterocycles. The number of amides is 1. The Kier molecular flexibility index (Phi) is 8.63. The number of anilines is 2. The van der Waals surface area contributed by atoms with E-state index in [4.69, 9.17) is 0 Å². The van der Waals surface area contributed by atoms with Gasteiger partial charge in [-0.15, -0.1) is 0 Å². The Hall–Kier alpha value is -3.21. The molecule has 0 radical (unpaired) electrons. The topological polar surface area (TPSA) is 113 Å². The van der Waals surface area contributed by atoms with Crippen molar-refractivity contribution in [2.75, 3.05) is 28.9 Å². The van der Waals surface area contributed by atoms with Crippen LogP contribution in [-0.4, -0.2) is 45.9 Å². The molecule has 37 heavy (non-hydrogen) atoms. The van der Waals surface area contributed by atoms with Crippen LogP contribution >= 0.6 is 0 Å². The summed E-state index contributed by atoms with van der Waals surface area (Å²) in [4.78, 5) is 13.0. The first kappa shape index (κ1) is 26.8. The fraction of sp³-hybridized carbons (Fsp3) is 0.296. The number of hydrogen-bond acceptors (Lipinski definition) is 5. The number of carbonyl (C=O) groups excluding carboxylic acids is 1. The van der Waals surface area contributed by atoms with Gasteiger partial charge in [0.25, 0.3) is 10.0 Å². The van der Waals surface area contributed by atoms with Crippen molar-refractivity contribution in [1.29, 1.82) is 0 Å². The number of benzene rings is 3. The quantitative estimate of drug-likeness (QED) is 0.401. The maximum absolute atomic E-state index is 12.9. The van der Waals surface area contributed by atoms with Crippen LogP contribution in [0.2, 0.25) is 0 Å². The van der Waals surface area contributed by atoms with Gasteiger partial charge in [0.15, 0.2) is 0 Å². The summed E-state index contributed by atoms with van der Waals surface area (Å²) in [5, 5.41) is 2.80. The zero-order chi connectivity index (χ0) is 26.3. The zero-order valence-corrected chi connectivity index (χ0v) is 22.0. The smallest absolute Gasteiger partial charge is 0.261 e. The third-order valence-corrected chi connectivity index (χ3v) is 9.64. The molecule has 0 aliphatic carbocycles.